The van der Waals surface area contributed by atoms with Crippen molar-refractivity contribution in [2.75, 3.05) is 18.5 Å². The molecule has 1 amide bonds. The molecule has 0 aliphatic heterocycles. The molecule has 0 aliphatic rings. The molecule has 88 valence electrons. The molecule has 0 spiro atoms. The van der Waals surface area contributed by atoms with E-state index in [-0.39, 0.29) is 23.7 Å². The summed E-state index contributed by atoms with van der Waals surface area (Å²) in [6, 6.07) is 0.0204. The molecule has 0 aliphatic carbocycles. The fourth-order valence-electron chi connectivity index (χ4n) is 1.06. The van der Waals surface area contributed by atoms with Crippen LogP contribution in [0.25, 0.3) is 0 Å². The summed E-state index contributed by atoms with van der Waals surface area (Å²) in [5.74, 6) is -0.0247. The van der Waals surface area contributed by atoms with Crippen molar-refractivity contribution >= 4 is 27.8 Å². The fourth-order valence-corrected chi connectivity index (χ4v) is 1.24. The van der Waals surface area contributed by atoms with Gasteiger partial charge in [-0.1, -0.05) is 22.9 Å². The zero-order chi connectivity index (χ0) is 11.8. The van der Waals surface area contributed by atoms with Gasteiger partial charge >= 0.3 is 6.09 Å². The van der Waals surface area contributed by atoms with Crippen LogP contribution >= 0.6 is 15.9 Å². The first kappa shape index (κ1) is 14.4. The van der Waals surface area contributed by atoms with Crippen molar-refractivity contribution in [3.05, 3.63) is 0 Å². The number of alkyl halides is 1. The molecule has 1 unspecified atom stereocenters. The van der Waals surface area contributed by atoms with Gasteiger partial charge in [-0.2, -0.15) is 0 Å². The number of ketones is 1. The smallest absolute Gasteiger partial charge is 0.410 e. The molecular weight excluding hydrogens is 262 g/mol. The van der Waals surface area contributed by atoms with Crippen molar-refractivity contribution in [2.24, 2.45) is 0 Å². The Balaban J connectivity index is 4.43. The summed E-state index contributed by atoms with van der Waals surface area (Å²) >= 11 is 3.07. The van der Waals surface area contributed by atoms with Gasteiger partial charge in [0.2, 0.25) is 0 Å². The molecule has 0 N–H and O–H groups in total. The third-order valence-electron chi connectivity index (χ3n) is 2.12. The average molecular weight is 280 g/mol. The van der Waals surface area contributed by atoms with Crippen LogP contribution in [-0.4, -0.2) is 41.3 Å². The van der Waals surface area contributed by atoms with Gasteiger partial charge in [-0.05, 0) is 20.3 Å². The molecule has 0 fully saturated rings. The minimum Gasteiger partial charge on any atom is -0.450 e. The predicted octanol–water partition coefficient (Wildman–Crippen LogP) is 2.21. The number of carbonyl (C=O) groups is 2. The summed E-state index contributed by atoms with van der Waals surface area (Å²) in [6.45, 7) is 6.06. The first-order chi connectivity index (χ1) is 7.06. The SMILES string of the molecule is CCOC(=O)N(CC(=O)CBr)C(C)CC. The first-order valence-corrected chi connectivity index (χ1v) is 6.19. The summed E-state index contributed by atoms with van der Waals surface area (Å²) in [6.07, 6.45) is 0.384. The van der Waals surface area contributed by atoms with Gasteiger partial charge in [-0.25, -0.2) is 4.79 Å². The number of nitrogens with zero attached hydrogens (tertiary/aromatic N) is 1. The van der Waals surface area contributed by atoms with Crippen LogP contribution in [-0.2, 0) is 9.53 Å². The van der Waals surface area contributed by atoms with Gasteiger partial charge in [0.1, 0.15) is 0 Å². The molecule has 0 aromatic carbocycles. The second-order valence-corrected chi connectivity index (χ2v) is 3.82. The Morgan fingerprint density at radius 1 is 1.40 bits per heavy atom. The number of amides is 1. The molecule has 0 saturated carbocycles. The molecule has 1 atom stereocenters. The second-order valence-electron chi connectivity index (χ2n) is 3.26. The van der Waals surface area contributed by atoms with Gasteiger partial charge < -0.3 is 4.74 Å². The highest BCUT2D eigenvalue weighted by molar-refractivity contribution is 9.09. The Bertz CT molecular complexity index is 221. The molecular formula is C10H18BrNO3. The van der Waals surface area contributed by atoms with Crippen molar-refractivity contribution in [1.29, 1.82) is 0 Å². The maximum Gasteiger partial charge on any atom is 0.410 e. The van der Waals surface area contributed by atoms with E-state index in [2.05, 4.69) is 15.9 Å². The van der Waals surface area contributed by atoms with Crippen LogP contribution < -0.4 is 0 Å². The van der Waals surface area contributed by atoms with Crippen molar-refractivity contribution in [1.82, 2.24) is 4.90 Å². The molecule has 0 radical (unpaired) electrons. The summed E-state index contributed by atoms with van der Waals surface area (Å²) < 4.78 is 4.89. The van der Waals surface area contributed by atoms with Crippen LogP contribution in [0.15, 0.2) is 0 Å². The number of carbonyl (C=O) groups excluding carboxylic acids is 2. The maximum absolute atomic E-state index is 11.5. The van der Waals surface area contributed by atoms with Crippen molar-refractivity contribution in [2.45, 2.75) is 33.2 Å². The Labute approximate surface area is 99.1 Å². The van der Waals surface area contributed by atoms with E-state index in [4.69, 9.17) is 4.74 Å². The van der Waals surface area contributed by atoms with Crippen LogP contribution in [0.3, 0.4) is 0 Å². The van der Waals surface area contributed by atoms with E-state index in [1.807, 2.05) is 13.8 Å². The Kier molecular flexibility index (Phi) is 7.38. The van der Waals surface area contributed by atoms with E-state index >= 15 is 0 Å². The Morgan fingerprint density at radius 3 is 2.40 bits per heavy atom. The van der Waals surface area contributed by atoms with Crippen LogP contribution in [0.4, 0.5) is 4.79 Å². The van der Waals surface area contributed by atoms with Gasteiger partial charge in [0.15, 0.2) is 5.78 Å². The lowest BCUT2D eigenvalue weighted by Crippen LogP contribution is -2.42. The minimum absolute atomic E-state index is 0.0204. The monoisotopic (exact) mass is 279 g/mol. The molecule has 0 aromatic heterocycles. The highest BCUT2D eigenvalue weighted by Gasteiger charge is 2.22. The molecule has 0 aromatic rings. The third kappa shape index (κ3) is 5.16. The number of halogens is 1. The maximum atomic E-state index is 11.5. The quantitative estimate of drug-likeness (QED) is 0.701. The lowest BCUT2D eigenvalue weighted by molar-refractivity contribution is -0.117. The third-order valence-corrected chi connectivity index (χ3v) is 2.75. The Morgan fingerprint density at radius 2 is 2.00 bits per heavy atom. The zero-order valence-corrected chi connectivity index (χ0v) is 11.0. The van der Waals surface area contributed by atoms with Gasteiger partial charge in [-0.3, -0.25) is 9.69 Å². The van der Waals surface area contributed by atoms with Crippen molar-refractivity contribution < 1.29 is 14.3 Å². The standard InChI is InChI=1S/C10H18BrNO3/c1-4-8(3)12(7-9(13)6-11)10(14)15-5-2/h8H,4-7H2,1-3H3. The number of rotatable bonds is 6. The Hall–Kier alpha value is -0.580. The molecule has 0 saturated heterocycles. The second kappa shape index (κ2) is 7.68. The lowest BCUT2D eigenvalue weighted by atomic mass is 10.2. The minimum atomic E-state index is -0.416. The molecule has 0 heterocycles. The van der Waals surface area contributed by atoms with Crippen LogP contribution in [0.2, 0.25) is 0 Å². The van der Waals surface area contributed by atoms with Gasteiger partial charge in [0.25, 0.3) is 0 Å². The van der Waals surface area contributed by atoms with Crippen LogP contribution in [0.1, 0.15) is 27.2 Å². The normalized spacial score (nSPS) is 12.0. The van der Waals surface area contributed by atoms with E-state index in [0.29, 0.717) is 6.61 Å². The summed E-state index contributed by atoms with van der Waals surface area (Å²) in [5, 5.41) is 0.263. The van der Waals surface area contributed by atoms with E-state index in [1.165, 1.54) is 4.90 Å². The highest BCUT2D eigenvalue weighted by Crippen LogP contribution is 2.06. The largest absolute Gasteiger partial charge is 0.450 e. The molecule has 0 bridgehead atoms. The van der Waals surface area contributed by atoms with Crippen molar-refractivity contribution in [3.8, 4) is 0 Å². The number of hydrogen-bond acceptors (Lipinski definition) is 3. The van der Waals surface area contributed by atoms with Gasteiger partial charge in [0, 0.05) is 6.04 Å². The van der Waals surface area contributed by atoms with E-state index in [1.54, 1.807) is 6.92 Å². The summed E-state index contributed by atoms with van der Waals surface area (Å²) in [5.41, 5.74) is 0. The molecule has 4 nitrogen and oxygen atoms in total. The van der Waals surface area contributed by atoms with Crippen LogP contribution in [0, 0.1) is 0 Å². The molecule has 0 rings (SSSR count). The average Bonchev–Trinajstić information content (AvgIpc) is 2.24. The first-order valence-electron chi connectivity index (χ1n) is 5.07. The number of Topliss-reactive ketones (excluding diaryl/α,β-unsaturated/α-hetero) is 1. The van der Waals surface area contributed by atoms with Gasteiger partial charge in [0.05, 0.1) is 18.5 Å². The van der Waals surface area contributed by atoms with E-state index < -0.39 is 6.09 Å². The van der Waals surface area contributed by atoms with E-state index in [0.717, 1.165) is 6.42 Å². The van der Waals surface area contributed by atoms with Gasteiger partial charge in [-0.15, -0.1) is 0 Å². The lowest BCUT2D eigenvalue weighted by Gasteiger charge is -2.26. The molecule has 5 heteroatoms. The van der Waals surface area contributed by atoms with Crippen LogP contribution in [0.5, 0.6) is 0 Å². The predicted molar refractivity (Wildman–Crippen MR) is 62.3 cm³/mol. The highest BCUT2D eigenvalue weighted by atomic mass is 79.9. The number of hydrogen-bond donors (Lipinski definition) is 0. The summed E-state index contributed by atoms with van der Waals surface area (Å²) in [7, 11) is 0. The van der Waals surface area contributed by atoms with Crippen molar-refractivity contribution in [3.63, 3.8) is 0 Å². The number of ether oxygens (including phenoxy) is 1. The molecule has 15 heavy (non-hydrogen) atoms. The zero-order valence-electron chi connectivity index (χ0n) is 9.46. The van der Waals surface area contributed by atoms with E-state index in [9.17, 15) is 9.59 Å². The fraction of sp³-hybridized carbons (Fsp3) is 0.800. The summed E-state index contributed by atoms with van der Waals surface area (Å²) in [4.78, 5) is 24.3. The topological polar surface area (TPSA) is 46.6 Å².